The van der Waals surface area contributed by atoms with E-state index in [0.29, 0.717) is 0 Å². The normalized spacial score (nSPS) is 13.0. The van der Waals surface area contributed by atoms with Crippen molar-refractivity contribution >= 4 is 11.8 Å². The van der Waals surface area contributed by atoms with Gasteiger partial charge in [-0.3, -0.25) is 4.68 Å². The van der Waals surface area contributed by atoms with Crippen molar-refractivity contribution in [3.05, 3.63) is 11.9 Å². The monoisotopic (exact) mass is 228 g/mol. The zero-order chi connectivity index (χ0) is 11.1. The average Bonchev–Trinajstić information content (AvgIpc) is 2.67. The Balaban J connectivity index is 2.41. The van der Waals surface area contributed by atoms with Gasteiger partial charge in [-0.15, -0.1) is 5.10 Å². The maximum absolute atomic E-state index is 5.95. The number of hydrogen-bond acceptors (Lipinski definition) is 4. The van der Waals surface area contributed by atoms with E-state index in [4.69, 9.17) is 5.73 Å². The first kappa shape index (κ1) is 12.5. The van der Waals surface area contributed by atoms with Crippen molar-refractivity contribution < 1.29 is 0 Å². The van der Waals surface area contributed by atoms with Crippen LogP contribution in [0.4, 0.5) is 0 Å². The fraction of sp³-hybridized carbons (Fsp3) is 0.800. The van der Waals surface area contributed by atoms with Gasteiger partial charge in [-0.05, 0) is 24.9 Å². The molecule has 0 amide bonds. The van der Waals surface area contributed by atoms with Crippen molar-refractivity contribution in [3.63, 3.8) is 0 Å². The Bertz CT molecular complexity index is 274. The highest BCUT2D eigenvalue weighted by Crippen LogP contribution is 2.12. The second-order valence-corrected chi connectivity index (χ2v) is 4.63. The molecule has 1 rings (SSSR count). The van der Waals surface area contributed by atoms with Gasteiger partial charge >= 0.3 is 0 Å². The van der Waals surface area contributed by atoms with E-state index in [-0.39, 0.29) is 6.04 Å². The molecule has 0 saturated heterocycles. The molecule has 0 aliphatic rings. The van der Waals surface area contributed by atoms with E-state index < -0.39 is 0 Å². The summed E-state index contributed by atoms with van der Waals surface area (Å²) in [5.41, 5.74) is 6.87. The third-order valence-electron chi connectivity index (χ3n) is 2.27. The SMILES string of the molecule is CCCC(N)c1cn(CCCSC)nn1. The van der Waals surface area contributed by atoms with Crippen LogP contribution in [0.15, 0.2) is 6.20 Å². The number of thioether (sulfide) groups is 1. The molecule has 0 saturated carbocycles. The molecule has 0 aliphatic carbocycles. The van der Waals surface area contributed by atoms with Crippen molar-refractivity contribution in [1.29, 1.82) is 0 Å². The Morgan fingerprint density at radius 3 is 3.07 bits per heavy atom. The third-order valence-corrected chi connectivity index (χ3v) is 2.97. The summed E-state index contributed by atoms with van der Waals surface area (Å²) in [4.78, 5) is 0. The zero-order valence-electron chi connectivity index (χ0n) is 9.52. The van der Waals surface area contributed by atoms with E-state index in [9.17, 15) is 0 Å². The number of aryl methyl sites for hydroxylation is 1. The zero-order valence-corrected chi connectivity index (χ0v) is 10.3. The fourth-order valence-corrected chi connectivity index (χ4v) is 1.84. The fourth-order valence-electron chi connectivity index (χ4n) is 1.42. The van der Waals surface area contributed by atoms with Crippen LogP contribution in [-0.2, 0) is 6.54 Å². The Morgan fingerprint density at radius 1 is 1.60 bits per heavy atom. The average molecular weight is 228 g/mol. The summed E-state index contributed by atoms with van der Waals surface area (Å²) in [6.45, 7) is 3.06. The minimum absolute atomic E-state index is 0.0456. The van der Waals surface area contributed by atoms with Crippen molar-refractivity contribution in [2.75, 3.05) is 12.0 Å². The molecule has 86 valence electrons. The van der Waals surface area contributed by atoms with Crippen LogP contribution in [0.5, 0.6) is 0 Å². The second-order valence-electron chi connectivity index (χ2n) is 3.65. The van der Waals surface area contributed by atoms with Gasteiger partial charge in [0.15, 0.2) is 0 Å². The van der Waals surface area contributed by atoms with Gasteiger partial charge in [-0.25, -0.2) is 0 Å². The topological polar surface area (TPSA) is 56.7 Å². The highest BCUT2D eigenvalue weighted by atomic mass is 32.2. The molecule has 1 atom stereocenters. The van der Waals surface area contributed by atoms with E-state index >= 15 is 0 Å². The number of hydrogen-bond donors (Lipinski definition) is 1. The van der Waals surface area contributed by atoms with E-state index in [2.05, 4.69) is 23.5 Å². The molecule has 1 aromatic rings. The lowest BCUT2D eigenvalue weighted by Crippen LogP contribution is -2.10. The smallest absolute Gasteiger partial charge is 0.0994 e. The Morgan fingerprint density at radius 2 is 2.40 bits per heavy atom. The largest absolute Gasteiger partial charge is 0.323 e. The van der Waals surface area contributed by atoms with Crippen LogP contribution in [0.3, 0.4) is 0 Å². The Hall–Kier alpha value is -0.550. The maximum atomic E-state index is 5.95. The van der Waals surface area contributed by atoms with Crippen LogP contribution in [0, 0.1) is 0 Å². The van der Waals surface area contributed by atoms with Crippen molar-refractivity contribution in [2.45, 2.75) is 38.8 Å². The van der Waals surface area contributed by atoms with Gasteiger partial charge in [0.1, 0.15) is 0 Å². The molecule has 1 heterocycles. The van der Waals surface area contributed by atoms with E-state index in [1.165, 1.54) is 0 Å². The van der Waals surface area contributed by atoms with Crippen LogP contribution in [0.1, 0.15) is 37.9 Å². The summed E-state index contributed by atoms with van der Waals surface area (Å²) in [6.07, 6.45) is 7.28. The third kappa shape index (κ3) is 4.22. The highest BCUT2D eigenvalue weighted by molar-refractivity contribution is 7.98. The molecule has 15 heavy (non-hydrogen) atoms. The van der Waals surface area contributed by atoms with Crippen LogP contribution in [-0.4, -0.2) is 27.0 Å². The molecule has 0 fully saturated rings. The van der Waals surface area contributed by atoms with Crippen LogP contribution < -0.4 is 5.73 Å². The van der Waals surface area contributed by atoms with E-state index in [1.807, 2.05) is 22.6 Å². The summed E-state index contributed by atoms with van der Waals surface area (Å²) in [7, 11) is 0. The molecule has 4 nitrogen and oxygen atoms in total. The van der Waals surface area contributed by atoms with Crippen LogP contribution in [0.25, 0.3) is 0 Å². The first-order valence-corrected chi connectivity index (χ1v) is 6.81. The van der Waals surface area contributed by atoms with Gasteiger partial charge in [0, 0.05) is 6.54 Å². The van der Waals surface area contributed by atoms with E-state index in [1.54, 1.807) is 0 Å². The molecular weight excluding hydrogens is 208 g/mol. The molecule has 0 bridgehead atoms. The quantitative estimate of drug-likeness (QED) is 0.723. The summed E-state index contributed by atoms with van der Waals surface area (Å²) in [5.74, 6) is 1.16. The van der Waals surface area contributed by atoms with Gasteiger partial charge in [0.2, 0.25) is 0 Å². The van der Waals surface area contributed by atoms with Gasteiger partial charge in [-0.1, -0.05) is 18.6 Å². The Labute approximate surface area is 95.6 Å². The lowest BCUT2D eigenvalue weighted by Gasteiger charge is -2.04. The standard InChI is InChI=1S/C10H20N4S/c1-3-5-9(11)10-8-14(13-12-10)6-4-7-15-2/h8-9H,3-7,11H2,1-2H3. The molecular formula is C10H20N4S. The van der Waals surface area contributed by atoms with Crippen molar-refractivity contribution in [1.82, 2.24) is 15.0 Å². The highest BCUT2D eigenvalue weighted by Gasteiger charge is 2.08. The lowest BCUT2D eigenvalue weighted by atomic mass is 10.1. The molecule has 1 aromatic heterocycles. The van der Waals surface area contributed by atoms with Crippen LogP contribution >= 0.6 is 11.8 Å². The first-order valence-electron chi connectivity index (χ1n) is 5.42. The van der Waals surface area contributed by atoms with Crippen molar-refractivity contribution in [2.24, 2.45) is 5.73 Å². The number of aromatic nitrogens is 3. The second kappa shape index (κ2) is 6.85. The predicted octanol–water partition coefficient (Wildman–Crippen LogP) is 1.83. The molecule has 0 aromatic carbocycles. The molecule has 0 radical (unpaired) electrons. The van der Waals surface area contributed by atoms with Gasteiger partial charge in [-0.2, -0.15) is 11.8 Å². The summed E-state index contributed by atoms with van der Waals surface area (Å²) in [6, 6.07) is 0.0456. The maximum Gasteiger partial charge on any atom is 0.0994 e. The minimum atomic E-state index is 0.0456. The molecule has 0 aliphatic heterocycles. The van der Waals surface area contributed by atoms with Gasteiger partial charge in [0.05, 0.1) is 17.9 Å². The molecule has 1 unspecified atom stereocenters. The molecule has 0 spiro atoms. The Kier molecular flexibility index (Phi) is 5.71. The number of nitrogens with two attached hydrogens (primary N) is 1. The summed E-state index contributed by atoms with van der Waals surface area (Å²) in [5, 5.41) is 8.16. The lowest BCUT2D eigenvalue weighted by molar-refractivity contribution is 0.581. The number of nitrogens with zero attached hydrogens (tertiary/aromatic N) is 3. The van der Waals surface area contributed by atoms with Gasteiger partial charge in [0.25, 0.3) is 0 Å². The minimum Gasteiger partial charge on any atom is -0.323 e. The summed E-state index contributed by atoms with van der Waals surface area (Å²) >= 11 is 1.86. The van der Waals surface area contributed by atoms with Crippen molar-refractivity contribution in [3.8, 4) is 0 Å². The molecule has 2 N–H and O–H groups in total. The van der Waals surface area contributed by atoms with E-state index in [0.717, 1.165) is 37.3 Å². The van der Waals surface area contributed by atoms with Crippen LogP contribution in [0.2, 0.25) is 0 Å². The van der Waals surface area contributed by atoms with Gasteiger partial charge < -0.3 is 5.73 Å². The predicted molar refractivity (Wildman–Crippen MR) is 64.9 cm³/mol. The number of rotatable bonds is 7. The summed E-state index contributed by atoms with van der Waals surface area (Å²) < 4.78 is 1.89. The molecule has 5 heteroatoms. The first-order chi connectivity index (χ1) is 7.27.